The molecule has 0 saturated carbocycles. The second kappa shape index (κ2) is 6.64. The maximum Gasteiger partial charge on any atom is 0.253 e. The van der Waals surface area contributed by atoms with E-state index in [0.29, 0.717) is 18.7 Å². The van der Waals surface area contributed by atoms with Crippen LogP contribution in [0.3, 0.4) is 0 Å². The molecule has 1 aliphatic heterocycles. The first kappa shape index (κ1) is 15.8. The van der Waals surface area contributed by atoms with Crippen LogP contribution in [-0.4, -0.2) is 51.3 Å². The van der Waals surface area contributed by atoms with Gasteiger partial charge in [0.2, 0.25) is 0 Å². The first-order chi connectivity index (χ1) is 12.2. The molecular formula is C19H19FN4O. The summed E-state index contributed by atoms with van der Waals surface area (Å²) in [5.41, 5.74) is 2.52. The van der Waals surface area contributed by atoms with E-state index < -0.39 is 0 Å². The summed E-state index contributed by atoms with van der Waals surface area (Å²) >= 11 is 0. The summed E-state index contributed by atoms with van der Waals surface area (Å²) in [7, 11) is 0. The fraction of sp³-hybridized carbons (Fsp3) is 0.263. The van der Waals surface area contributed by atoms with Gasteiger partial charge in [-0.1, -0.05) is 6.07 Å². The highest BCUT2D eigenvalue weighted by molar-refractivity contribution is 5.94. The Bertz CT molecular complexity index is 849. The molecule has 25 heavy (non-hydrogen) atoms. The summed E-state index contributed by atoms with van der Waals surface area (Å²) in [5, 5.41) is 0. The molecule has 6 heteroatoms. The summed E-state index contributed by atoms with van der Waals surface area (Å²) in [6.07, 6.45) is 4.04. The summed E-state index contributed by atoms with van der Waals surface area (Å²) < 4.78 is 15.0. The number of hydrogen-bond donors (Lipinski definition) is 0. The fourth-order valence-electron chi connectivity index (χ4n) is 3.18. The van der Waals surface area contributed by atoms with Crippen LogP contribution >= 0.6 is 0 Å². The van der Waals surface area contributed by atoms with Crippen LogP contribution in [-0.2, 0) is 6.54 Å². The molecule has 1 amide bonds. The largest absolute Gasteiger partial charge is 0.336 e. The lowest BCUT2D eigenvalue weighted by molar-refractivity contribution is 0.0627. The third-order valence-electron chi connectivity index (χ3n) is 4.55. The number of benzene rings is 1. The first-order valence-electron chi connectivity index (χ1n) is 8.39. The van der Waals surface area contributed by atoms with Crippen LogP contribution in [0.5, 0.6) is 0 Å². The number of piperazine rings is 1. The van der Waals surface area contributed by atoms with Crippen molar-refractivity contribution in [3.63, 3.8) is 0 Å². The van der Waals surface area contributed by atoms with E-state index in [-0.39, 0.29) is 11.7 Å². The molecule has 3 heterocycles. The van der Waals surface area contributed by atoms with E-state index in [4.69, 9.17) is 0 Å². The Morgan fingerprint density at radius 2 is 1.80 bits per heavy atom. The van der Waals surface area contributed by atoms with Crippen LogP contribution in [0.4, 0.5) is 4.39 Å². The molecule has 1 aromatic carbocycles. The molecule has 0 N–H and O–H groups in total. The van der Waals surface area contributed by atoms with E-state index in [1.165, 1.54) is 12.1 Å². The van der Waals surface area contributed by atoms with Crippen molar-refractivity contribution in [1.29, 1.82) is 0 Å². The number of carbonyl (C=O) groups is 1. The average molecular weight is 338 g/mol. The minimum absolute atomic E-state index is 0.0348. The zero-order chi connectivity index (χ0) is 17.2. The maximum atomic E-state index is 13.0. The molecular weight excluding hydrogens is 319 g/mol. The van der Waals surface area contributed by atoms with Crippen LogP contribution in [0.2, 0.25) is 0 Å². The molecule has 0 bridgehead atoms. The van der Waals surface area contributed by atoms with Gasteiger partial charge in [-0.2, -0.15) is 0 Å². The molecule has 0 unspecified atom stereocenters. The molecule has 1 fully saturated rings. The van der Waals surface area contributed by atoms with Gasteiger partial charge >= 0.3 is 0 Å². The van der Waals surface area contributed by atoms with Gasteiger partial charge in [-0.3, -0.25) is 9.69 Å². The summed E-state index contributed by atoms with van der Waals surface area (Å²) in [6.45, 7) is 3.73. The second-order valence-electron chi connectivity index (χ2n) is 6.27. The summed E-state index contributed by atoms with van der Waals surface area (Å²) in [6, 6.07) is 11.7. The van der Waals surface area contributed by atoms with Gasteiger partial charge in [0, 0.05) is 50.7 Å². The van der Waals surface area contributed by atoms with Crippen LogP contribution in [0, 0.1) is 5.82 Å². The number of aromatic nitrogens is 2. The summed E-state index contributed by atoms with van der Waals surface area (Å²) in [5.74, 6) is -0.360. The van der Waals surface area contributed by atoms with Crippen molar-refractivity contribution in [2.24, 2.45) is 0 Å². The zero-order valence-electron chi connectivity index (χ0n) is 13.8. The fourth-order valence-corrected chi connectivity index (χ4v) is 3.18. The van der Waals surface area contributed by atoms with E-state index in [1.807, 2.05) is 39.9 Å². The number of carbonyl (C=O) groups excluding carboxylic acids is 1. The predicted octanol–water partition coefficient (Wildman–Crippen LogP) is 2.43. The Hall–Kier alpha value is -2.73. The minimum Gasteiger partial charge on any atom is -0.336 e. The number of fused-ring (bicyclic) bond motifs is 1. The monoisotopic (exact) mass is 338 g/mol. The van der Waals surface area contributed by atoms with Crippen LogP contribution < -0.4 is 0 Å². The number of amides is 1. The highest BCUT2D eigenvalue weighted by atomic mass is 19.1. The standard InChI is InChI=1S/C19H19FN4O/c20-16-6-4-15(5-7-16)19(25)23-11-9-22(10-12-23)13-17-14-24-8-2-1-3-18(24)21-17/h1-8,14H,9-13H2. The van der Waals surface area contributed by atoms with E-state index >= 15 is 0 Å². The molecule has 4 rings (SSSR count). The van der Waals surface area contributed by atoms with E-state index in [9.17, 15) is 9.18 Å². The molecule has 2 aromatic heterocycles. The van der Waals surface area contributed by atoms with Gasteiger partial charge in [0.25, 0.3) is 5.91 Å². The Labute approximate surface area is 145 Å². The third kappa shape index (κ3) is 3.39. The number of imidazole rings is 1. The lowest BCUT2D eigenvalue weighted by Crippen LogP contribution is -2.48. The van der Waals surface area contributed by atoms with Crippen molar-refractivity contribution in [1.82, 2.24) is 19.2 Å². The molecule has 1 saturated heterocycles. The van der Waals surface area contributed by atoms with Crippen LogP contribution in [0.1, 0.15) is 16.1 Å². The van der Waals surface area contributed by atoms with Crippen molar-refractivity contribution in [2.75, 3.05) is 26.2 Å². The zero-order valence-corrected chi connectivity index (χ0v) is 13.8. The third-order valence-corrected chi connectivity index (χ3v) is 4.55. The Kier molecular flexibility index (Phi) is 4.19. The topological polar surface area (TPSA) is 40.9 Å². The van der Waals surface area contributed by atoms with Gasteiger partial charge in [0.15, 0.2) is 0 Å². The maximum absolute atomic E-state index is 13.0. The van der Waals surface area contributed by atoms with Crippen molar-refractivity contribution in [3.8, 4) is 0 Å². The van der Waals surface area contributed by atoms with Crippen LogP contribution in [0.25, 0.3) is 5.65 Å². The van der Waals surface area contributed by atoms with E-state index in [2.05, 4.69) is 9.88 Å². The minimum atomic E-state index is -0.325. The lowest BCUT2D eigenvalue weighted by Gasteiger charge is -2.34. The van der Waals surface area contributed by atoms with Gasteiger partial charge in [0.1, 0.15) is 11.5 Å². The van der Waals surface area contributed by atoms with Crippen molar-refractivity contribution < 1.29 is 9.18 Å². The van der Waals surface area contributed by atoms with E-state index in [1.54, 1.807) is 12.1 Å². The van der Waals surface area contributed by atoms with Gasteiger partial charge < -0.3 is 9.30 Å². The molecule has 0 spiro atoms. The summed E-state index contributed by atoms with van der Waals surface area (Å²) in [4.78, 5) is 21.2. The number of pyridine rings is 1. The van der Waals surface area contributed by atoms with Gasteiger partial charge in [-0.25, -0.2) is 9.37 Å². The van der Waals surface area contributed by atoms with Crippen molar-refractivity contribution >= 4 is 11.6 Å². The Morgan fingerprint density at radius 3 is 2.52 bits per heavy atom. The number of rotatable bonds is 3. The van der Waals surface area contributed by atoms with Gasteiger partial charge in [-0.15, -0.1) is 0 Å². The second-order valence-corrected chi connectivity index (χ2v) is 6.27. The molecule has 3 aromatic rings. The smallest absolute Gasteiger partial charge is 0.253 e. The highest BCUT2D eigenvalue weighted by Gasteiger charge is 2.22. The van der Waals surface area contributed by atoms with Crippen molar-refractivity contribution in [2.45, 2.75) is 6.54 Å². The van der Waals surface area contributed by atoms with Crippen molar-refractivity contribution in [3.05, 3.63) is 71.9 Å². The molecule has 5 nitrogen and oxygen atoms in total. The highest BCUT2D eigenvalue weighted by Crippen LogP contribution is 2.13. The van der Waals surface area contributed by atoms with Crippen LogP contribution in [0.15, 0.2) is 54.9 Å². The van der Waals surface area contributed by atoms with Gasteiger partial charge in [-0.05, 0) is 36.4 Å². The normalized spacial score (nSPS) is 15.6. The Morgan fingerprint density at radius 1 is 1.04 bits per heavy atom. The molecule has 0 atom stereocenters. The Balaban J connectivity index is 1.36. The molecule has 128 valence electrons. The van der Waals surface area contributed by atoms with E-state index in [0.717, 1.165) is 31.0 Å². The number of halogens is 1. The quantitative estimate of drug-likeness (QED) is 0.736. The number of nitrogens with zero attached hydrogens (tertiary/aromatic N) is 4. The predicted molar refractivity (Wildman–Crippen MR) is 92.8 cm³/mol. The SMILES string of the molecule is O=C(c1ccc(F)cc1)N1CCN(Cc2cn3ccccc3n2)CC1. The lowest BCUT2D eigenvalue weighted by atomic mass is 10.1. The number of hydrogen-bond acceptors (Lipinski definition) is 3. The van der Waals surface area contributed by atoms with Gasteiger partial charge in [0.05, 0.1) is 5.69 Å². The molecule has 1 aliphatic rings. The molecule has 0 aliphatic carbocycles. The first-order valence-corrected chi connectivity index (χ1v) is 8.39. The average Bonchev–Trinajstić information content (AvgIpc) is 3.05. The molecule has 0 radical (unpaired) electrons.